The van der Waals surface area contributed by atoms with Gasteiger partial charge in [0.05, 0.1) is 0 Å². The fraction of sp³-hybridized carbons (Fsp3) is 0.471. The Balaban J connectivity index is 2.02. The van der Waals surface area contributed by atoms with E-state index in [0.717, 1.165) is 12.0 Å². The molecule has 1 aliphatic rings. The second kappa shape index (κ2) is 8.33. The SMILES string of the molecule is NC(=O)N1CCC[C@H]1C(=O)NC(CCC(=O)O)Cc1ccccc1. The third kappa shape index (κ3) is 4.97. The first-order valence-corrected chi connectivity index (χ1v) is 8.09. The van der Waals surface area contributed by atoms with E-state index in [2.05, 4.69) is 5.32 Å². The van der Waals surface area contributed by atoms with Crippen LogP contribution in [-0.4, -0.2) is 46.5 Å². The third-order valence-corrected chi connectivity index (χ3v) is 4.22. The first kappa shape index (κ1) is 17.8. The topological polar surface area (TPSA) is 113 Å². The highest BCUT2D eigenvalue weighted by atomic mass is 16.4. The molecule has 1 heterocycles. The number of benzene rings is 1. The van der Waals surface area contributed by atoms with Gasteiger partial charge in [0.2, 0.25) is 5.91 Å². The molecule has 0 saturated carbocycles. The zero-order chi connectivity index (χ0) is 17.5. The van der Waals surface area contributed by atoms with E-state index in [1.54, 1.807) is 0 Å². The normalized spacial score (nSPS) is 18.2. The van der Waals surface area contributed by atoms with Gasteiger partial charge in [-0.2, -0.15) is 0 Å². The minimum atomic E-state index is -0.901. The van der Waals surface area contributed by atoms with Crippen molar-refractivity contribution in [1.29, 1.82) is 0 Å². The minimum absolute atomic E-state index is 0.0258. The van der Waals surface area contributed by atoms with Crippen molar-refractivity contribution in [2.45, 2.75) is 44.2 Å². The van der Waals surface area contributed by atoms with E-state index < -0.39 is 18.0 Å². The summed E-state index contributed by atoms with van der Waals surface area (Å²) >= 11 is 0. The molecule has 1 aromatic rings. The van der Waals surface area contributed by atoms with E-state index in [-0.39, 0.29) is 18.4 Å². The minimum Gasteiger partial charge on any atom is -0.481 e. The van der Waals surface area contributed by atoms with Crippen molar-refractivity contribution in [3.8, 4) is 0 Å². The monoisotopic (exact) mass is 333 g/mol. The summed E-state index contributed by atoms with van der Waals surface area (Å²) < 4.78 is 0. The van der Waals surface area contributed by atoms with Gasteiger partial charge in [-0.1, -0.05) is 30.3 Å². The lowest BCUT2D eigenvalue weighted by Crippen LogP contribution is -2.50. The van der Waals surface area contributed by atoms with Gasteiger partial charge in [0.15, 0.2) is 0 Å². The molecule has 1 fully saturated rings. The molecule has 7 nitrogen and oxygen atoms in total. The summed E-state index contributed by atoms with van der Waals surface area (Å²) in [5.74, 6) is -1.17. The molecule has 24 heavy (non-hydrogen) atoms. The van der Waals surface area contributed by atoms with Gasteiger partial charge in [0, 0.05) is 19.0 Å². The molecule has 1 saturated heterocycles. The number of likely N-dealkylation sites (tertiary alicyclic amines) is 1. The molecule has 1 aromatic carbocycles. The Morgan fingerprint density at radius 1 is 1.29 bits per heavy atom. The number of carboxylic acid groups (broad SMARTS) is 1. The number of urea groups is 1. The predicted molar refractivity (Wildman–Crippen MR) is 88.3 cm³/mol. The molecular formula is C17H23N3O4. The number of carbonyl (C=O) groups excluding carboxylic acids is 2. The lowest BCUT2D eigenvalue weighted by Gasteiger charge is -2.25. The second-order valence-electron chi connectivity index (χ2n) is 6.02. The first-order chi connectivity index (χ1) is 11.5. The zero-order valence-electron chi connectivity index (χ0n) is 13.5. The van der Waals surface area contributed by atoms with Gasteiger partial charge in [-0.25, -0.2) is 4.79 Å². The van der Waals surface area contributed by atoms with Gasteiger partial charge in [0.1, 0.15) is 6.04 Å². The Hall–Kier alpha value is -2.57. The Labute approximate surface area is 140 Å². The van der Waals surface area contributed by atoms with Gasteiger partial charge in [-0.05, 0) is 31.2 Å². The van der Waals surface area contributed by atoms with Crippen molar-refractivity contribution in [1.82, 2.24) is 10.2 Å². The number of carbonyl (C=O) groups is 3. The summed E-state index contributed by atoms with van der Waals surface area (Å²) in [5, 5.41) is 11.8. The number of hydrogen-bond donors (Lipinski definition) is 3. The summed E-state index contributed by atoms with van der Waals surface area (Å²) in [5.41, 5.74) is 6.33. The van der Waals surface area contributed by atoms with Gasteiger partial charge in [0.25, 0.3) is 0 Å². The number of aliphatic carboxylic acids is 1. The van der Waals surface area contributed by atoms with Crippen molar-refractivity contribution in [2.75, 3.05) is 6.54 Å². The van der Waals surface area contributed by atoms with Crippen LogP contribution < -0.4 is 11.1 Å². The lowest BCUT2D eigenvalue weighted by molar-refractivity contribution is -0.137. The Morgan fingerprint density at radius 2 is 2.00 bits per heavy atom. The molecule has 0 radical (unpaired) electrons. The first-order valence-electron chi connectivity index (χ1n) is 8.09. The summed E-state index contributed by atoms with van der Waals surface area (Å²) in [6, 6.07) is 8.11. The highest BCUT2D eigenvalue weighted by molar-refractivity contribution is 5.87. The van der Waals surface area contributed by atoms with Crippen molar-refractivity contribution < 1.29 is 19.5 Å². The van der Waals surface area contributed by atoms with E-state index in [0.29, 0.717) is 25.8 Å². The highest BCUT2D eigenvalue weighted by Crippen LogP contribution is 2.18. The number of carboxylic acids is 1. The number of nitrogens with zero attached hydrogens (tertiary/aromatic N) is 1. The van der Waals surface area contributed by atoms with Crippen LogP contribution in [-0.2, 0) is 16.0 Å². The van der Waals surface area contributed by atoms with E-state index in [4.69, 9.17) is 10.8 Å². The van der Waals surface area contributed by atoms with E-state index >= 15 is 0 Å². The fourth-order valence-electron chi connectivity index (χ4n) is 3.02. The second-order valence-corrected chi connectivity index (χ2v) is 6.02. The number of nitrogens with two attached hydrogens (primary N) is 1. The Kier molecular flexibility index (Phi) is 6.17. The standard InChI is InChI=1S/C17H23N3O4/c18-17(24)20-10-4-7-14(20)16(23)19-13(8-9-15(21)22)11-12-5-2-1-3-6-12/h1-3,5-6,13-14H,4,7-11H2,(H2,18,24)(H,19,23)(H,21,22)/t13?,14-/m0/s1. The van der Waals surface area contributed by atoms with Crippen LogP contribution in [0.5, 0.6) is 0 Å². The van der Waals surface area contributed by atoms with E-state index in [9.17, 15) is 14.4 Å². The summed E-state index contributed by atoms with van der Waals surface area (Å²) in [6.45, 7) is 0.478. The molecule has 3 amide bonds. The van der Waals surface area contributed by atoms with Crippen molar-refractivity contribution in [2.24, 2.45) is 5.73 Å². The highest BCUT2D eigenvalue weighted by Gasteiger charge is 2.33. The average molecular weight is 333 g/mol. The third-order valence-electron chi connectivity index (χ3n) is 4.22. The number of rotatable bonds is 7. The van der Waals surface area contributed by atoms with Crippen LogP contribution in [0.4, 0.5) is 4.79 Å². The van der Waals surface area contributed by atoms with Crippen LogP contribution >= 0.6 is 0 Å². The molecule has 1 aliphatic heterocycles. The predicted octanol–water partition coefficient (Wildman–Crippen LogP) is 1.12. The average Bonchev–Trinajstić information content (AvgIpc) is 3.03. The molecule has 0 bridgehead atoms. The van der Waals surface area contributed by atoms with Crippen LogP contribution in [0.1, 0.15) is 31.2 Å². The molecule has 0 aliphatic carbocycles. The molecular weight excluding hydrogens is 310 g/mol. The van der Waals surface area contributed by atoms with Crippen LogP contribution in [0.15, 0.2) is 30.3 Å². The van der Waals surface area contributed by atoms with Gasteiger partial charge >= 0.3 is 12.0 Å². The van der Waals surface area contributed by atoms with Crippen LogP contribution in [0, 0.1) is 0 Å². The lowest BCUT2D eigenvalue weighted by atomic mass is 10.0. The molecule has 4 N–H and O–H groups in total. The summed E-state index contributed by atoms with van der Waals surface area (Å²) in [6.07, 6.45) is 2.16. The molecule has 0 aromatic heterocycles. The van der Waals surface area contributed by atoms with Crippen molar-refractivity contribution in [3.05, 3.63) is 35.9 Å². The number of nitrogens with one attached hydrogen (secondary N) is 1. The molecule has 0 spiro atoms. The van der Waals surface area contributed by atoms with Crippen LogP contribution in [0.25, 0.3) is 0 Å². The molecule has 1 unspecified atom stereocenters. The largest absolute Gasteiger partial charge is 0.481 e. The van der Waals surface area contributed by atoms with Crippen molar-refractivity contribution >= 4 is 17.9 Å². The molecule has 2 atom stereocenters. The molecule has 130 valence electrons. The summed E-state index contributed by atoms with van der Waals surface area (Å²) in [4.78, 5) is 36.1. The van der Waals surface area contributed by atoms with Crippen LogP contribution in [0.2, 0.25) is 0 Å². The zero-order valence-corrected chi connectivity index (χ0v) is 13.5. The van der Waals surface area contributed by atoms with Gasteiger partial charge < -0.3 is 21.1 Å². The smallest absolute Gasteiger partial charge is 0.315 e. The van der Waals surface area contributed by atoms with Gasteiger partial charge in [-0.15, -0.1) is 0 Å². The van der Waals surface area contributed by atoms with E-state index in [1.165, 1.54) is 4.90 Å². The molecule has 2 rings (SSSR count). The van der Waals surface area contributed by atoms with Gasteiger partial charge in [-0.3, -0.25) is 9.59 Å². The number of primary amides is 1. The number of amides is 3. The maximum atomic E-state index is 12.5. The Bertz CT molecular complexity index is 591. The van der Waals surface area contributed by atoms with E-state index in [1.807, 2.05) is 30.3 Å². The molecule has 7 heteroatoms. The van der Waals surface area contributed by atoms with Crippen molar-refractivity contribution in [3.63, 3.8) is 0 Å². The van der Waals surface area contributed by atoms with Crippen LogP contribution in [0.3, 0.4) is 0 Å². The fourth-order valence-corrected chi connectivity index (χ4v) is 3.02. The summed E-state index contributed by atoms with van der Waals surface area (Å²) in [7, 11) is 0. The Morgan fingerprint density at radius 3 is 2.62 bits per heavy atom. The maximum Gasteiger partial charge on any atom is 0.315 e. The maximum absolute atomic E-state index is 12.5. The number of hydrogen-bond acceptors (Lipinski definition) is 3. The quantitative estimate of drug-likeness (QED) is 0.694.